The number of amides is 2. The topological polar surface area (TPSA) is 307 Å². The Kier molecular flexibility index (Phi) is 12.1. The quantitative estimate of drug-likeness (QED) is 0.110. The molecule has 0 spiro atoms. The van der Waals surface area contributed by atoms with E-state index in [1.807, 2.05) is 0 Å². The van der Waals surface area contributed by atoms with E-state index in [1.165, 1.54) is 0 Å². The first-order valence-corrected chi connectivity index (χ1v) is 12.7. The Morgan fingerprint density at radius 2 is 1.15 bits per heavy atom. The largest absolute Gasteiger partial charge is 0.394 e. The fourth-order valence-corrected chi connectivity index (χ4v) is 4.87. The average Bonchev–Trinajstić information content (AvgIpc) is 2.94. The summed E-state index contributed by atoms with van der Waals surface area (Å²) in [5.74, 6) is -1.69. The van der Waals surface area contributed by atoms with Gasteiger partial charge in [0.25, 0.3) is 0 Å². The molecule has 0 aromatic rings. The van der Waals surface area contributed by atoms with Gasteiger partial charge in [0.05, 0.1) is 19.8 Å². The van der Waals surface area contributed by atoms with Gasteiger partial charge in [0.2, 0.25) is 11.8 Å². The second-order valence-electron chi connectivity index (χ2n) is 9.83. The van der Waals surface area contributed by atoms with Crippen molar-refractivity contribution >= 4 is 11.8 Å². The van der Waals surface area contributed by atoms with Gasteiger partial charge in [-0.05, 0) is 0 Å². The van der Waals surface area contributed by atoms with Crippen LogP contribution in [0.3, 0.4) is 0 Å². The highest BCUT2D eigenvalue weighted by molar-refractivity contribution is 5.77. The van der Waals surface area contributed by atoms with Crippen LogP contribution in [0.25, 0.3) is 0 Å². The maximum Gasteiger partial charge on any atom is 0.246 e. The first-order chi connectivity index (χ1) is 19.4. The second kappa shape index (κ2) is 14.7. The van der Waals surface area contributed by atoms with E-state index in [4.69, 9.17) is 28.8 Å². The minimum atomic E-state index is -1.87. The van der Waals surface area contributed by atoms with Crippen LogP contribution in [0.1, 0.15) is 6.92 Å². The molecular formula is C22H38N2O17. The zero-order chi connectivity index (χ0) is 30.6. The summed E-state index contributed by atoms with van der Waals surface area (Å²) in [4.78, 5) is 23.7. The van der Waals surface area contributed by atoms with Gasteiger partial charge in [-0.3, -0.25) is 9.59 Å². The van der Waals surface area contributed by atoms with Gasteiger partial charge in [-0.25, -0.2) is 0 Å². The molecule has 3 rings (SSSR count). The lowest BCUT2D eigenvalue weighted by Gasteiger charge is -2.49. The molecule has 12 N–H and O–H groups in total. The van der Waals surface area contributed by atoms with Crippen molar-refractivity contribution in [2.24, 2.45) is 0 Å². The molecule has 3 fully saturated rings. The number of hydrogen-bond acceptors (Lipinski definition) is 17. The van der Waals surface area contributed by atoms with Crippen molar-refractivity contribution in [3.63, 3.8) is 0 Å². The number of ether oxygens (including phenoxy) is 5. The van der Waals surface area contributed by atoms with Crippen LogP contribution < -0.4 is 10.6 Å². The standard InChI is InChI=1S/C22H38N2O17/c1-6(29)23-12-15(33)19(41-22-17(35)16(34)13(31)7(2-25)38-22)9(4-27)39-21(12)40-18-8(3-26)37-20(36)11(14(18)32)24-10(30)5-28/h7-9,11-22,25-28,31-36H,2-5H2,1H3,(H,23,29)(H,24,30)/t7-,8-,9-,11-,12-,13-,14-,15-,16+,17+,18-,19-,20-,21+,22+/m1/s1. The van der Waals surface area contributed by atoms with Crippen LogP contribution in [0.15, 0.2) is 0 Å². The lowest BCUT2D eigenvalue weighted by molar-refractivity contribution is -0.360. The van der Waals surface area contributed by atoms with Crippen LogP contribution in [-0.2, 0) is 33.3 Å². The molecule has 19 nitrogen and oxygen atoms in total. The molecule has 0 saturated carbocycles. The summed E-state index contributed by atoms with van der Waals surface area (Å²) in [7, 11) is 0. The van der Waals surface area contributed by atoms with E-state index in [1.54, 1.807) is 0 Å². The number of carbonyl (C=O) groups excluding carboxylic acids is 2. The molecule has 238 valence electrons. The van der Waals surface area contributed by atoms with Crippen LogP contribution in [0, 0.1) is 0 Å². The predicted molar refractivity (Wildman–Crippen MR) is 126 cm³/mol. The van der Waals surface area contributed by atoms with Crippen LogP contribution >= 0.6 is 0 Å². The monoisotopic (exact) mass is 602 g/mol. The van der Waals surface area contributed by atoms with Crippen molar-refractivity contribution in [2.45, 2.75) is 98.9 Å². The van der Waals surface area contributed by atoms with E-state index in [2.05, 4.69) is 10.6 Å². The van der Waals surface area contributed by atoms with E-state index in [0.29, 0.717) is 0 Å². The third-order valence-electron chi connectivity index (χ3n) is 7.00. The summed E-state index contributed by atoms with van der Waals surface area (Å²) in [6, 6.07) is -3.07. The first kappa shape index (κ1) is 33.8. The molecule has 2 amide bonds. The normalized spacial score (nSPS) is 45.2. The summed E-state index contributed by atoms with van der Waals surface area (Å²) < 4.78 is 27.6. The lowest BCUT2D eigenvalue weighted by atomic mass is 9.94. The molecule has 3 aliphatic rings. The molecule has 0 unspecified atom stereocenters. The van der Waals surface area contributed by atoms with Crippen LogP contribution in [0.2, 0.25) is 0 Å². The van der Waals surface area contributed by atoms with Gasteiger partial charge in [0, 0.05) is 6.92 Å². The Bertz CT molecular complexity index is 868. The fourth-order valence-electron chi connectivity index (χ4n) is 4.87. The van der Waals surface area contributed by atoms with E-state index in [-0.39, 0.29) is 0 Å². The summed E-state index contributed by atoms with van der Waals surface area (Å²) in [5, 5.41) is 105. The van der Waals surface area contributed by atoms with Crippen molar-refractivity contribution in [2.75, 3.05) is 26.4 Å². The molecule has 41 heavy (non-hydrogen) atoms. The second-order valence-corrected chi connectivity index (χ2v) is 9.83. The molecular weight excluding hydrogens is 564 g/mol. The molecule has 0 aliphatic carbocycles. The van der Waals surface area contributed by atoms with Crippen molar-refractivity contribution in [3.8, 4) is 0 Å². The average molecular weight is 603 g/mol. The number of aliphatic hydroxyl groups is 10. The summed E-state index contributed by atoms with van der Waals surface area (Å²) in [6.07, 6.45) is -21.7. The van der Waals surface area contributed by atoms with Gasteiger partial charge in [0.1, 0.15) is 79.7 Å². The predicted octanol–water partition coefficient (Wildman–Crippen LogP) is -8.31. The van der Waals surface area contributed by atoms with Gasteiger partial charge in [-0.15, -0.1) is 0 Å². The third-order valence-corrected chi connectivity index (χ3v) is 7.00. The Morgan fingerprint density at radius 1 is 0.634 bits per heavy atom. The molecule has 19 heteroatoms. The molecule has 0 aromatic heterocycles. The number of carbonyl (C=O) groups is 2. The first-order valence-electron chi connectivity index (χ1n) is 12.7. The lowest BCUT2D eigenvalue weighted by Crippen LogP contribution is -2.70. The van der Waals surface area contributed by atoms with Crippen molar-refractivity contribution in [1.29, 1.82) is 0 Å². The van der Waals surface area contributed by atoms with Crippen LogP contribution in [0.5, 0.6) is 0 Å². The third kappa shape index (κ3) is 7.47. The number of aliphatic hydroxyl groups excluding tert-OH is 10. The maximum atomic E-state index is 12.0. The van der Waals surface area contributed by atoms with Gasteiger partial charge >= 0.3 is 0 Å². The zero-order valence-electron chi connectivity index (χ0n) is 21.8. The minimum Gasteiger partial charge on any atom is -0.394 e. The molecule has 0 radical (unpaired) electrons. The van der Waals surface area contributed by atoms with Crippen LogP contribution in [0.4, 0.5) is 0 Å². The fraction of sp³-hybridized carbons (Fsp3) is 0.909. The Morgan fingerprint density at radius 3 is 1.68 bits per heavy atom. The smallest absolute Gasteiger partial charge is 0.246 e. The Labute approximate surface area is 232 Å². The van der Waals surface area contributed by atoms with Crippen molar-refractivity contribution < 1.29 is 84.3 Å². The summed E-state index contributed by atoms with van der Waals surface area (Å²) in [6.45, 7) is -2.34. The molecule has 3 saturated heterocycles. The van der Waals surface area contributed by atoms with Gasteiger partial charge in [0.15, 0.2) is 18.9 Å². The molecule has 0 aromatic carbocycles. The van der Waals surface area contributed by atoms with Crippen LogP contribution in [-0.4, -0.2) is 181 Å². The molecule has 15 atom stereocenters. The molecule has 3 aliphatic heterocycles. The SMILES string of the molecule is CC(=O)N[C@H]1[C@H](O[C@H]2[C@H](O)[C@@H](NC(=O)CO)[C@H](O)O[C@@H]2CO)O[C@H](CO)[C@@H](O[C@@H]2O[C@H](CO)[C@@H](O)[C@H](O)[C@@H]2O)[C@@H]1O. The van der Waals surface area contributed by atoms with Crippen molar-refractivity contribution in [1.82, 2.24) is 10.6 Å². The summed E-state index contributed by atoms with van der Waals surface area (Å²) in [5.41, 5.74) is 0. The van der Waals surface area contributed by atoms with E-state index < -0.39 is 130 Å². The number of rotatable bonds is 10. The van der Waals surface area contributed by atoms with E-state index >= 15 is 0 Å². The summed E-state index contributed by atoms with van der Waals surface area (Å²) >= 11 is 0. The van der Waals surface area contributed by atoms with Crippen molar-refractivity contribution in [3.05, 3.63) is 0 Å². The number of hydrogen-bond donors (Lipinski definition) is 12. The number of nitrogens with one attached hydrogen (secondary N) is 2. The highest BCUT2D eigenvalue weighted by Gasteiger charge is 2.54. The Hall–Kier alpha value is -1.66. The van der Waals surface area contributed by atoms with E-state index in [9.17, 15) is 55.5 Å². The Balaban J connectivity index is 1.85. The highest BCUT2D eigenvalue weighted by Crippen LogP contribution is 2.32. The van der Waals surface area contributed by atoms with Gasteiger partial charge < -0.3 is 85.4 Å². The van der Waals surface area contributed by atoms with Gasteiger partial charge in [-0.2, -0.15) is 0 Å². The zero-order valence-corrected chi connectivity index (χ0v) is 21.8. The maximum absolute atomic E-state index is 12.0. The molecule has 0 bridgehead atoms. The minimum absolute atomic E-state index is 0.706. The van der Waals surface area contributed by atoms with E-state index in [0.717, 1.165) is 6.92 Å². The van der Waals surface area contributed by atoms with Gasteiger partial charge in [-0.1, -0.05) is 0 Å². The molecule has 3 heterocycles. The highest BCUT2D eigenvalue weighted by atomic mass is 16.7.